The molecule has 2 N–H and O–H groups in total. The summed E-state index contributed by atoms with van der Waals surface area (Å²) in [5.74, 6) is 2.93. The summed E-state index contributed by atoms with van der Waals surface area (Å²) in [5, 5.41) is 17.4. The van der Waals surface area contributed by atoms with Gasteiger partial charge in [0.1, 0.15) is 0 Å². The molecule has 2 aliphatic rings. The highest BCUT2D eigenvalue weighted by Crippen LogP contribution is 2.36. The molecule has 182 valence electrons. The number of piperazine rings is 1. The fourth-order valence-corrected chi connectivity index (χ4v) is 4.49. The number of aryl methyl sites for hydroxylation is 1. The molecule has 1 aromatic heterocycles. The number of carbonyl (C=O) groups excluding carboxylic acids is 1. The quantitative estimate of drug-likeness (QED) is 0.433. The minimum atomic E-state index is -0.0854. The summed E-state index contributed by atoms with van der Waals surface area (Å²) in [6, 6.07) is 21.5. The molecule has 36 heavy (non-hydrogen) atoms. The van der Waals surface area contributed by atoms with Crippen LogP contribution < -0.4 is 25.0 Å². The van der Waals surface area contributed by atoms with Crippen LogP contribution in [0.25, 0.3) is 10.8 Å². The van der Waals surface area contributed by atoms with E-state index < -0.39 is 0 Å². The van der Waals surface area contributed by atoms with Crippen LogP contribution in [0.2, 0.25) is 0 Å². The molecule has 0 radical (unpaired) electrons. The Hall–Kier alpha value is -4.53. The van der Waals surface area contributed by atoms with Gasteiger partial charge < -0.3 is 29.9 Å². The monoisotopic (exact) mass is 482 g/mol. The second-order valence-corrected chi connectivity index (χ2v) is 8.88. The zero-order chi connectivity index (χ0) is 24.5. The maximum absolute atomic E-state index is 12.7. The van der Waals surface area contributed by atoms with Crippen molar-refractivity contribution in [2.24, 2.45) is 0 Å². The van der Waals surface area contributed by atoms with Crippen LogP contribution in [0.15, 0.2) is 66.7 Å². The smallest absolute Gasteiger partial charge is 0.321 e. The average molecular weight is 483 g/mol. The van der Waals surface area contributed by atoms with Crippen molar-refractivity contribution in [1.29, 1.82) is 0 Å². The lowest BCUT2D eigenvalue weighted by Gasteiger charge is -2.35. The minimum Gasteiger partial charge on any atom is -0.454 e. The molecule has 4 aromatic rings. The molecule has 1 fully saturated rings. The lowest BCUT2D eigenvalue weighted by atomic mass is 10.1. The first-order chi connectivity index (χ1) is 17.6. The summed E-state index contributed by atoms with van der Waals surface area (Å²) in [4.78, 5) is 16.8. The van der Waals surface area contributed by atoms with Crippen molar-refractivity contribution in [2.75, 3.05) is 48.5 Å². The number of hydrogen-bond acceptors (Lipinski definition) is 7. The third-order valence-corrected chi connectivity index (χ3v) is 6.47. The van der Waals surface area contributed by atoms with E-state index in [0.717, 1.165) is 39.3 Å². The number of nitrogens with one attached hydrogen (secondary N) is 2. The topological polar surface area (TPSA) is 91.9 Å². The number of benzene rings is 3. The Morgan fingerprint density at radius 3 is 2.36 bits per heavy atom. The van der Waals surface area contributed by atoms with Gasteiger partial charge in [0.25, 0.3) is 0 Å². The van der Waals surface area contributed by atoms with Crippen LogP contribution in [0.3, 0.4) is 0 Å². The number of aromatic nitrogens is 2. The Morgan fingerprint density at radius 1 is 0.833 bits per heavy atom. The number of hydrogen-bond donors (Lipinski definition) is 2. The zero-order valence-electron chi connectivity index (χ0n) is 19.9. The van der Waals surface area contributed by atoms with Gasteiger partial charge in [-0.3, -0.25) is 0 Å². The van der Waals surface area contributed by atoms with Crippen molar-refractivity contribution < 1.29 is 14.3 Å². The van der Waals surface area contributed by atoms with E-state index in [0.29, 0.717) is 37.7 Å². The Bertz CT molecular complexity index is 1420. The van der Waals surface area contributed by atoms with Crippen molar-refractivity contribution in [3.63, 3.8) is 0 Å². The number of amides is 2. The Labute approximate surface area is 208 Å². The van der Waals surface area contributed by atoms with Gasteiger partial charge in [0.05, 0.1) is 0 Å². The standard InChI is InChI=1S/C27H26N6O3/c1-18-6-8-19(9-7-18)29-27(34)33-14-12-32(13-15-33)26-22-5-3-2-4-21(22)25(30-31-26)28-20-10-11-23-24(16-20)36-17-35-23/h2-11,16H,12-15,17H2,1H3,(H,28,30)(H,29,34). The van der Waals surface area contributed by atoms with Crippen molar-refractivity contribution in [3.05, 3.63) is 72.3 Å². The first-order valence-corrected chi connectivity index (χ1v) is 11.9. The number of ether oxygens (including phenoxy) is 2. The predicted molar refractivity (Wildman–Crippen MR) is 139 cm³/mol. The third kappa shape index (κ3) is 4.31. The van der Waals surface area contributed by atoms with E-state index in [-0.39, 0.29) is 12.8 Å². The van der Waals surface area contributed by atoms with E-state index in [9.17, 15) is 4.79 Å². The first kappa shape index (κ1) is 22.0. The highest BCUT2D eigenvalue weighted by molar-refractivity contribution is 5.99. The lowest BCUT2D eigenvalue weighted by molar-refractivity contribution is 0.174. The van der Waals surface area contributed by atoms with Crippen LogP contribution in [-0.2, 0) is 0 Å². The normalized spacial score (nSPS) is 14.7. The summed E-state index contributed by atoms with van der Waals surface area (Å²) in [6.45, 7) is 4.81. The van der Waals surface area contributed by atoms with Gasteiger partial charge in [-0.25, -0.2) is 4.79 Å². The summed E-state index contributed by atoms with van der Waals surface area (Å²) in [6.07, 6.45) is 0. The Morgan fingerprint density at radius 2 is 1.56 bits per heavy atom. The summed E-state index contributed by atoms with van der Waals surface area (Å²) in [7, 11) is 0. The minimum absolute atomic E-state index is 0.0854. The number of fused-ring (bicyclic) bond motifs is 2. The molecular formula is C27H26N6O3. The van der Waals surface area contributed by atoms with E-state index in [4.69, 9.17) is 9.47 Å². The van der Waals surface area contributed by atoms with Gasteiger partial charge in [-0.2, -0.15) is 0 Å². The molecular weight excluding hydrogens is 456 g/mol. The molecule has 3 aromatic carbocycles. The van der Waals surface area contributed by atoms with E-state index >= 15 is 0 Å². The van der Waals surface area contributed by atoms with Crippen LogP contribution in [0.4, 0.5) is 27.8 Å². The van der Waals surface area contributed by atoms with Crippen LogP contribution in [0, 0.1) is 6.92 Å². The summed E-state index contributed by atoms with van der Waals surface area (Å²) >= 11 is 0. The lowest BCUT2D eigenvalue weighted by Crippen LogP contribution is -2.50. The zero-order valence-corrected chi connectivity index (χ0v) is 19.9. The summed E-state index contributed by atoms with van der Waals surface area (Å²) in [5.41, 5.74) is 2.81. The molecule has 0 atom stereocenters. The number of nitrogens with zero attached hydrogens (tertiary/aromatic N) is 4. The molecule has 1 saturated heterocycles. The molecule has 0 unspecified atom stereocenters. The molecule has 0 saturated carbocycles. The number of carbonyl (C=O) groups is 1. The maximum Gasteiger partial charge on any atom is 0.321 e. The van der Waals surface area contributed by atoms with Gasteiger partial charge in [-0.05, 0) is 31.2 Å². The SMILES string of the molecule is Cc1ccc(NC(=O)N2CCN(c3nnc(Nc4ccc5c(c4)OCO5)c4ccccc34)CC2)cc1. The van der Waals surface area contributed by atoms with Crippen molar-refractivity contribution in [2.45, 2.75) is 6.92 Å². The van der Waals surface area contributed by atoms with Gasteiger partial charge in [-0.15, -0.1) is 10.2 Å². The van der Waals surface area contributed by atoms with Gasteiger partial charge in [0.15, 0.2) is 23.1 Å². The molecule has 2 aliphatic heterocycles. The number of anilines is 4. The molecule has 0 spiro atoms. The van der Waals surface area contributed by atoms with E-state index in [1.165, 1.54) is 0 Å². The molecule has 9 heteroatoms. The molecule has 0 aliphatic carbocycles. The highest BCUT2D eigenvalue weighted by Gasteiger charge is 2.24. The summed E-state index contributed by atoms with van der Waals surface area (Å²) < 4.78 is 10.9. The van der Waals surface area contributed by atoms with Crippen LogP contribution in [0.1, 0.15) is 5.56 Å². The number of urea groups is 1. The van der Waals surface area contributed by atoms with Crippen molar-refractivity contribution in [3.8, 4) is 11.5 Å². The average Bonchev–Trinajstić information content (AvgIpc) is 3.38. The van der Waals surface area contributed by atoms with Crippen LogP contribution >= 0.6 is 0 Å². The third-order valence-electron chi connectivity index (χ3n) is 6.47. The van der Waals surface area contributed by atoms with Gasteiger partial charge >= 0.3 is 6.03 Å². The van der Waals surface area contributed by atoms with E-state index in [1.54, 1.807) is 0 Å². The molecule has 0 bridgehead atoms. The fourth-order valence-electron chi connectivity index (χ4n) is 4.49. The first-order valence-electron chi connectivity index (χ1n) is 11.9. The van der Waals surface area contributed by atoms with Crippen LogP contribution in [0.5, 0.6) is 11.5 Å². The second-order valence-electron chi connectivity index (χ2n) is 8.88. The van der Waals surface area contributed by atoms with E-state index in [1.807, 2.05) is 72.5 Å². The Balaban J connectivity index is 1.17. The van der Waals surface area contributed by atoms with Crippen molar-refractivity contribution >= 4 is 39.8 Å². The predicted octanol–water partition coefficient (Wildman–Crippen LogP) is 4.76. The number of rotatable bonds is 4. The molecule has 9 nitrogen and oxygen atoms in total. The van der Waals surface area contributed by atoms with Gasteiger partial charge in [-0.1, -0.05) is 42.0 Å². The van der Waals surface area contributed by atoms with E-state index in [2.05, 4.69) is 31.8 Å². The molecule has 2 amide bonds. The maximum atomic E-state index is 12.7. The van der Waals surface area contributed by atoms with Gasteiger partial charge in [0.2, 0.25) is 6.79 Å². The molecule has 3 heterocycles. The fraction of sp³-hybridized carbons (Fsp3) is 0.222. The second kappa shape index (κ2) is 9.26. The Kier molecular flexibility index (Phi) is 5.65. The largest absolute Gasteiger partial charge is 0.454 e. The van der Waals surface area contributed by atoms with Gasteiger partial charge in [0, 0.05) is 54.4 Å². The highest BCUT2D eigenvalue weighted by atomic mass is 16.7. The van der Waals surface area contributed by atoms with Crippen molar-refractivity contribution in [1.82, 2.24) is 15.1 Å². The van der Waals surface area contributed by atoms with Crippen LogP contribution in [-0.4, -0.2) is 54.1 Å². The molecule has 6 rings (SSSR count).